The summed E-state index contributed by atoms with van der Waals surface area (Å²) in [5, 5.41) is 5.54. The molecule has 0 saturated carbocycles. The van der Waals surface area contributed by atoms with E-state index in [4.69, 9.17) is 9.47 Å². The Morgan fingerprint density at radius 2 is 1.96 bits per heavy atom. The first-order valence-corrected chi connectivity index (χ1v) is 8.93. The molecule has 0 amide bonds. The number of ether oxygens (including phenoxy) is 2. The number of carbonyl (C=O) groups is 1. The van der Waals surface area contributed by atoms with Gasteiger partial charge in [-0.15, -0.1) is 11.3 Å². The molecule has 1 atom stereocenters. The molecule has 1 N–H and O–H groups in total. The summed E-state index contributed by atoms with van der Waals surface area (Å²) in [6.07, 6.45) is 2.45. The maximum absolute atomic E-state index is 12.7. The third-order valence-corrected chi connectivity index (χ3v) is 5.66. The fraction of sp³-hybridized carbons (Fsp3) is 0.316. The van der Waals surface area contributed by atoms with E-state index < -0.39 is 0 Å². The topological polar surface area (TPSA) is 47.6 Å². The van der Waals surface area contributed by atoms with Crippen molar-refractivity contribution in [3.8, 4) is 11.5 Å². The number of hydrogen-bond acceptors (Lipinski definition) is 5. The molecule has 4 rings (SSSR count). The Morgan fingerprint density at radius 1 is 1.17 bits per heavy atom. The number of allylic oxidation sites excluding steroid dienone is 2. The highest BCUT2D eigenvalue weighted by molar-refractivity contribution is 7.10. The molecule has 0 saturated heterocycles. The minimum atomic E-state index is -0.0242. The zero-order valence-corrected chi connectivity index (χ0v) is 14.5. The first-order valence-electron chi connectivity index (χ1n) is 8.05. The lowest BCUT2D eigenvalue weighted by Gasteiger charge is -2.33. The summed E-state index contributed by atoms with van der Waals surface area (Å²) >= 11 is 1.69. The second-order valence-corrected chi connectivity index (χ2v) is 7.02. The van der Waals surface area contributed by atoms with Crippen LogP contribution in [-0.4, -0.2) is 20.0 Å². The maximum Gasteiger partial charge on any atom is 0.162 e. The number of methoxy groups -OCH3 is 2. The van der Waals surface area contributed by atoms with Gasteiger partial charge in [-0.25, -0.2) is 0 Å². The van der Waals surface area contributed by atoms with Gasteiger partial charge in [-0.3, -0.25) is 4.79 Å². The van der Waals surface area contributed by atoms with Crippen LogP contribution in [0.2, 0.25) is 0 Å². The van der Waals surface area contributed by atoms with Gasteiger partial charge in [0, 0.05) is 34.3 Å². The van der Waals surface area contributed by atoms with Crippen molar-refractivity contribution in [2.75, 3.05) is 19.5 Å². The molecule has 2 aromatic rings. The number of hydrogen-bond donors (Lipinski definition) is 1. The Hall–Kier alpha value is -2.27. The van der Waals surface area contributed by atoms with E-state index in [0.717, 1.165) is 35.4 Å². The van der Waals surface area contributed by atoms with E-state index in [9.17, 15) is 4.79 Å². The highest BCUT2D eigenvalue weighted by atomic mass is 32.1. The average molecular weight is 341 g/mol. The zero-order valence-electron chi connectivity index (χ0n) is 13.7. The van der Waals surface area contributed by atoms with Crippen molar-refractivity contribution in [2.45, 2.75) is 25.2 Å². The molecule has 0 radical (unpaired) electrons. The normalized spacial score (nSPS) is 19.4. The molecular weight excluding hydrogens is 322 g/mol. The molecule has 1 aliphatic heterocycles. The van der Waals surface area contributed by atoms with Gasteiger partial charge in [0.15, 0.2) is 17.3 Å². The third-order valence-electron chi connectivity index (χ3n) is 4.72. The molecule has 1 aromatic carbocycles. The Morgan fingerprint density at radius 3 is 2.67 bits per heavy atom. The number of rotatable bonds is 3. The zero-order chi connectivity index (χ0) is 16.7. The van der Waals surface area contributed by atoms with Crippen molar-refractivity contribution in [3.05, 3.63) is 51.4 Å². The molecule has 4 nitrogen and oxygen atoms in total. The molecule has 1 aromatic heterocycles. The maximum atomic E-state index is 12.7. The van der Waals surface area contributed by atoms with Crippen LogP contribution in [-0.2, 0) is 4.79 Å². The van der Waals surface area contributed by atoms with Gasteiger partial charge in [0.2, 0.25) is 0 Å². The molecule has 5 heteroatoms. The molecular formula is C19H19NO3S. The van der Waals surface area contributed by atoms with Crippen LogP contribution in [0.15, 0.2) is 40.9 Å². The van der Waals surface area contributed by atoms with Crippen LogP contribution >= 0.6 is 11.3 Å². The van der Waals surface area contributed by atoms with Crippen molar-refractivity contribution in [1.29, 1.82) is 0 Å². The van der Waals surface area contributed by atoms with Crippen molar-refractivity contribution in [1.82, 2.24) is 0 Å². The quantitative estimate of drug-likeness (QED) is 0.903. The highest BCUT2D eigenvalue weighted by Crippen LogP contribution is 2.49. The standard InChI is InChI=1S/C19H19NO3S/c1-22-15-9-11-13(10-16(15)23-2)20-12-5-3-6-14(21)19(12)18(11)17-7-4-8-24-17/h4,7-10,18,20H,3,5-6H2,1-2H3. The summed E-state index contributed by atoms with van der Waals surface area (Å²) < 4.78 is 10.9. The van der Waals surface area contributed by atoms with E-state index >= 15 is 0 Å². The second kappa shape index (κ2) is 5.98. The molecule has 0 fully saturated rings. The summed E-state index contributed by atoms with van der Waals surface area (Å²) in [6.45, 7) is 0. The van der Waals surface area contributed by atoms with Crippen LogP contribution in [0.25, 0.3) is 0 Å². The van der Waals surface area contributed by atoms with Gasteiger partial charge in [0.1, 0.15) is 0 Å². The van der Waals surface area contributed by atoms with Crippen molar-refractivity contribution in [2.24, 2.45) is 0 Å². The van der Waals surface area contributed by atoms with Crippen LogP contribution in [0.4, 0.5) is 5.69 Å². The van der Waals surface area contributed by atoms with Gasteiger partial charge in [-0.05, 0) is 35.9 Å². The number of ketones is 1. The largest absolute Gasteiger partial charge is 0.493 e. The lowest BCUT2D eigenvalue weighted by atomic mass is 9.78. The van der Waals surface area contributed by atoms with Crippen LogP contribution < -0.4 is 14.8 Å². The van der Waals surface area contributed by atoms with E-state index in [1.807, 2.05) is 18.2 Å². The number of Topliss-reactive ketones (excluding diaryl/α,β-unsaturated/α-hetero) is 1. The molecule has 24 heavy (non-hydrogen) atoms. The Bertz CT molecular complexity index is 823. The summed E-state index contributed by atoms with van der Waals surface area (Å²) in [7, 11) is 3.27. The number of thiophene rings is 1. The predicted molar refractivity (Wildman–Crippen MR) is 95.2 cm³/mol. The fourth-order valence-corrected chi connectivity index (χ4v) is 4.49. The molecule has 2 aliphatic rings. The van der Waals surface area contributed by atoms with E-state index in [0.29, 0.717) is 17.9 Å². The van der Waals surface area contributed by atoms with Crippen molar-refractivity contribution >= 4 is 22.8 Å². The average Bonchev–Trinajstić information content (AvgIpc) is 3.13. The first-order chi connectivity index (χ1) is 11.7. The van der Waals surface area contributed by atoms with Crippen LogP contribution in [0.5, 0.6) is 11.5 Å². The number of carbonyl (C=O) groups excluding carboxylic acids is 1. The molecule has 1 aliphatic carbocycles. The van der Waals surface area contributed by atoms with Gasteiger partial charge in [-0.1, -0.05) is 6.07 Å². The molecule has 124 valence electrons. The van der Waals surface area contributed by atoms with Gasteiger partial charge in [0.25, 0.3) is 0 Å². The molecule has 0 bridgehead atoms. The molecule has 0 spiro atoms. The summed E-state index contributed by atoms with van der Waals surface area (Å²) in [5.74, 6) is 1.61. The van der Waals surface area contributed by atoms with Crippen molar-refractivity contribution < 1.29 is 14.3 Å². The molecule has 2 heterocycles. The summed E-state index contributed by atoms with van der Waals surface area (Å²) in [4.78, 5) is 13.9. The number of anilines is 1. The van der Waals surface area contributed by atoms with Crippen LogP contribution in [0.3, 0.4) is 0 Å². The summed E-state index contributed by atoms with van der Waals surface area (Å²) in [5.41, 5.74) is 4.05. The lowest BCUT2D eigenvalue weighted by molar-refractivity contribution is -0.116. The predicted octanol–water partition coefficient (Wildman–Crippen LogP) is 4.33. The van der Waals surface area contributed by atoms with Gasteiger partial charge in [-0.2, -0.15) is 0 Å². The number of nitrogens with one attached hydrogen (secondary N) is 1. The van der Waals surface area contributed by atoms with E-state index in [1.54, 1.807) is 25.6 Å². The number of benzene rings is 1. The minimum Gasteiger partial charge on any atom is -0.493 e. The van der Waals surface area contributed by atoms with Crippen LogP contribution in [0.1, 0.15) is 35.6 Å². The highest BCUT2D eigenvalue weighted by Gasteiger charge is 2.36. The van der Waals surface area contributed by atoms with Gasteiger partial charge in [0.05, 0.1) is 20.1 Å². The van der Waals surface area contributed by atoms with Crippen molar-refractivity contribution in [3.63, 3.8) is 0 Å². The fourth-order valence-electron chi connectivity index (χ4n) is 3.64. The minimum absolute atomic E-state index is 0.0242. The Labute approximate surface area is 145 Å². The molecule has 1 unspecified atom stereocenters. The second-order valence-electron chi connectivity index (χ2n) is 6.04. The number of fused-ring (bicyclic) bond motifs is 1. The van der Waals surface area contributed by atoms with E-state index in [2.05, 4.69) is 16.8 Å². The van der Waals surface area contributed by atoms with Crippen LogP contribution in [0, 0.1) is 0 Å². The Kier molecular flexibility index (Phi) is 3.81. The Balaban J connectivity index is 1.94. The smallest absolute Gasteiger partial charge is 0.162 e. The van der Waals surface area contributed by atoms with Gasteiger partial charge >= 0.3 is 0 Å². The van der Waals surface area contributed by atoms with E-state index in [1.165, 1.54) is 4.88 Å². The van der Waals surface area contributed by atoms with Gasteiger partial charge < -0.3 is 14.8 Å². The van der Waals surface area contributed by atoms with E-state index in [-0.39, 0.29) is 11.7 Å². The lowest BCUT2D eigenvalue weighted by Crippen LogP contribution is -2.26. The first kappa shape index (κ1) is 15.3. The third kappa shape index (κ3) is 2.31. The SMILES string of the molecule is COc1cc2c(cc1OC)C(c1cccs1)C1=C(CCCC1=O)N2. The monoisotopic (exact) mass is 341 g/mol. The summed E-state index contributed by atoms with van der Waals surface area (Å²) in [6, 6.07) is 8.11.